The van der Waals surface area contributed by atoms with Gasteiger partial charge in [0, 0.05) is 31.7 Å². The molecular formula is C28H34N2O6. The van der Waals surface area contributed by atoms with E-state index in [4.69, 9.17) is 14.2 Å². The Morgan fingerprint density at radius 1 is 1.00 bits per heavy atom. The summed E-state index contributed by atoms with van der Waals surface area (Å²) in [6, 6.07) is 13.5. The van der Waals surface area contributed by atoms with Gasteiger partial charge in [-0.05, 0) is 62.7 Å². The molecular weight excluding hydrogens is 460 g/mol. The Morgan fingerprint density at radius 3 is 2.25 bits per heavy atom. The van der Waals surface area contributed by atoms with Crippen LogP contribution in [0.25, 0.3) is 5.76 Å². The van der Waals surface area contributed by atoms with Crippen molar-refractivity contribution in [1.82, 2.24) is 9.80 Å². The molecule has 2 heterocycles. The van der Waals surface area contributed by atoms with E-state index in [1.54, 1.807) is 29.2 Å². The summed E-state index contributed by atoms with van der Waals surface area (Å²) in [5, 5.41) is 11.3. The molecule has 0 saturated carbocycles. The van der Waals surface area contributed by atoms with Gasteiger partial charge in [-0.1, -0.05) is 12.1 Å². The second-order valence-electron chi connectivity index (χ2n) is 9.14. The molecule has 2 saturated heterocycles. The first-order valence-electron chi connectivity index (χ1n) is 12.5. The molecule has 1 atom stereocenters. The Hall–Kier alpha value is -3.36. The standard InChI is InChI=1S/C28H34N2O6/c1-4-35-22-9-5-20(6-10-22)25-24(26(31)21-7-11-23(12-8-21)36-19(2)3)27(32)28(33)30(25)14-13-29-15-17-34-18-16-29/h5-12,19,25,31H,4,13-18H2,1-3H3/b26-24+/t25-/m1/s1. The van der Waals surface area contributed by atoms with Gasteiger partial charge in [0.1, 0.15) is 17.3 Å². The zero-order valence-electron chi connectivity index (χ0n) is 21.1. The van der Waals surface area contributed by atoms with Crippen LogP contribution in [-0.2, 0) is 14.3 Å². The Bertz CT molecular complexity index is 1090. The summed E-state index contributed by atoms with van der Waals surface area (Å²) < 4.78 is 16.7. The Labute approximate surface area is 212 Å². The molecule has 1 amide bonds. The van der Waals surface area contributed by atoms with Crippen LogP contribution in [0.4, 0.5) is 0 Å². The number of ether oxygens (including phenoxy) is 3. The summed E-state index contributed by atoms with van der Waals surface area (Å²) >= 11 is 0. The molecule has 2 aliphatic heterocycles. The molecule has 0 unspecified atom stereocenters. The average Bonchev–Trinajstić information content (AvgIpc) is 3.13. The van der Waals surface area contributed by atoms with Gasteiger partial charge in [-0.3, -0.25) is 14.5 Å². The van der Waals surface area contributed by atoms with Crippen molar-refractivity contribution in [2.45, 2.75) is 32.9 Å². The van der Waals surface area contributed by atoms with E-state index in [2.05, 4.69) is 4.90 Å². The quantitative estimate of drug-likeness (QED) is 0.324. The van der Waals surface area contributed by atoms with E-state index in [0.717, 1.165) is 18.7 Å². The minimum absolute atomic E-state index is 0.0147. The molecule has 0 radical (unpaired) electrons. The number of aliphatic hydroxyl groups is 1. The lowest BCUT2D eigenvalue weighted by molar-refractivity contribution is -0.140. The van der Waals surface area contributed by atoms with Crippen LogP contribution in [0.15, 0.2) is 54.1 Å². The van der Waals surface area contributed by atoms with Crippen LogP contribution in [0.3, 0.4) is 0 Å². The first-order chi connectivity index (χ1) is 17.4. The second kappa shape index (κ2) is 11.6. The van der Waals surface area contributed by atoms with Gasteiger partial charge in [-0.2, -0.15) is 0 Å². The normalized spacial score (nSPS) is 20.2. The predicted octanol–water partition coefficient (Wildman–Crippen LogP) is 3.63. The molecule has 192 valence electrons. The van der Waals surface area contributed by atoms with Crippen molar-refractivity contribution in [1.29, 1.82) is 0 Å². The Morgan fingerprint density at radius 2 is 1.64 bits per heavy atom. The molecule has 2 aromatic carbocycles. The number of amides is 1. The molecule has 2 fully saturated rings. The molecule has 2 aromatic rings. The van der Waals surface area contributed by atoms with E-state index in [9.17, 15) is 14.7 Å². The maximum Gasteiger partial charge on any atom is 0.295 e. The number of rotatable bonds is 9. The molecule has 1 N–H and O–H groups in total. The molecule has 8 nitrogen and oxygen atoms in total. The number of carbonyl (C=O) groups is 2. The van der Waals surface area contributed by atoms with Gasteiger partial charge in [-0.25, -0.2) is 0 Å². The maximum absolute atomic E-state index is 13.3. The number of nitrogens with zero attached hydrogens (tertiary/aromatic N) is 2. The lowest BCUT2D eigenvalue weighted by Gasteiger charge is -2.31. The van der Waals surface area contributed by atoms with Crippen LogP contribution in [0, 0.1) is 0 Å². The topological polar surface area (TPSA) is 88.5 Å². The molecule has 0 aliphatic carbocycles. The van der Waals surface area contributed by atoms with E-state index in [-0.39, 0.29) is 17.4 Å². The van der Waals surface area contributed by atoms with E-state index in [0.29, 0.717) is 50.0 Å². The number of hydrogen-bond acceptors (Lipinski definition) is 7. The lowest BCUT2D eigenvalue weighted by atomic mass is 9.95. The number of hydrogen-bond donors (Lipinski definition) is 1. The molecule has 0 aromatic heterocycles. The van der Waals surface area contributed by atoms with Gasteiger partial charge in [0.15, 0.2) is 0 Å². The second-order valence-corrected chi connectivity index (χ2v) is 9.14. The van der Waals surface area contributed by atoms with Crippen LogP contribution in [0.2, 0.25) is 0 Å². The number of morpholine rings is 1. The largest absolute Gasteiger partial charge is 0.507 e. The summed E-state index contributed by atoms with van der Waals surface area (Å²) in [6.07, 6.45) is 0.0147. The van der Waals surface area contributed by atoms with Gasteiger partial charge >= 0.3 is 0 Å². The Balaban J connectivity index is 1.69. The zero-order valence-corrected chi connectivity index (χ0v) is 21.1. The van der Waals surface area contributed by atoms with Gasteiger partial charge in [0.2, 0.25) is 0 Å². The van der Waals surface area contributed by atoms with Crippen LogP contribution in [0.5, 0.6) is 11.5 Å². The van der Waals surface area contributed by atoms with Crippen molar-refractivity contribution in [2.24, 2.45) is 0 Å². The molecule has 2 aliphatic rings. The smallest absolute Gasteiger partial charge is 0.295 e. The molecule has 0 bridgehead atoms. The van der Waals surface area contributed by atoms with Crippen molar-refractivity contribution >= 4 is 17.4 Å². The monoisotopic (exact) mass is 494 g/mol. The van der Waals surface area contributed by atoms with Crippen LogP contribution < -0.4 is 9.47 Å². The van der Waals surface area contributed by atoms with E-state index in [1.807, 2.05) is 45.0 Å². The highest BCUT2D eigenvalue weighted by atomic mass is 16.5. The summed E-state index contributed by atoms with van der Waals surface area (Å²) in [4.78, 5) is 30.2. The van der Waals surface area contributed by atoms with Crippen molar-refractivity contribution < 1.29 is 28.9 Å². The number of aliphatic hydroxyl groups excluding tert-OH is 1. The van der Waals surface area contributed by atoms with E-state index < -0.39 is 17.7 Å². The zero-order chi connectivity index (χ0) is 25.7. The molecule has 8 heteroatoms. The third-order valence-corrected chi connectivity index (χ3v) is 6.31. The molecule has 0 spiro atoms. The number of carbonyl (C=O) groups excluding carboxylic acids is 2. The summed E-state index contributed by atoms with van der Waals surface area (Å²) in [6.45, 7) is 10.2. The van der Waals surface area contributed by atoms with Crippen molar-refractivity contribution in [3.8, 4) is 11.5 Å². The van der Waals surface area contributed by atoms with Crippen molar-refractivity contribution in [2.75, 3.05) is 46.0 Å². The van der Waals surface area contributed by atoms with Crippen LogP contribution in [0.1, 0.15) is 37.9 Å². The fourth-order valence-corrected chi connectivity index (χ4v) is 4.56. The van der Waals surface area contributed by atoms with E-state index in [1.165, 1.54) is 0 Å². The fourth-order valence-electron chi connectivity index (χ4n) is 4.56. The first kappa shape index (κ1) is 25.7. The van der Waals surface area contributed by atoms with Crippen LogP contribution >= 0.6 is 0 Å². The number of Topliss-reactive ketones (excluding diaryl/α,β-unsaturated/α-hetero) is 1. The maximum atomic E-state index is 13.3. The highest BCUT2D eigenvalue weighted by Gasteiger charge is 2.46. The number of ketones is 1. The first-order valence-corrected chi connectivity index (χ1v) is 12.5. The number of likely N-dealkylation sites (tertiary alicyclic amines) is 1. The minimum Gasteiger partial charge on any atom is -0.507 e. The summed E-state index contributed by atoms with van der Waals surface area (Å²) in [7, 11) is 0. The highest BCUT2D eigenvalue weighted by Crippen LogP contribution is 2.40. The van der Waals surface area contributed by atoms with Crippen molar-refractivity contribution in [3.63, 3.8) is 0 Å². The average molecular weight is 495 g/mol. The highest BCUT2D eigenvalue weighted by molar-refractivity contribution is 6.46. The van der Waals surface area contributed by atoms with Gasteiger partial charge in [-0.15, -0.1) is 0 Å². The fraction of sp³-hybridized carbons (Fsp3) is 0.429. The summed E-state index contributed by atoms with van der Waals surface area (Å²) in [5.74, 6) is -0.126. The third-order valence-electron chi connectivity index (χ3n) is 6.31. The van der Waals surface area contributed by atoms with E-state index >= 15 is 0 Å². The third kappa shape index (κ3) is 5.71. The van der Waals surface area contributed by atoms with Crippen molar-refractivity contribution in [3.05, 3.63) is 65.2 Å². The number of benzene rings is 2. The summed E-state index contributed by atoms with van der Waals surface area (Å²) in [5.41, 5.74) is 1.28. The Kier molecular flexibility index (Phi) is 8.28. The molecule has 36 heavy (non-hydrogen) atoms. The lowest BCUT2D eigenvalue weighted by Crippen LogP contribution is -2.42. The minimum atomic E-state index is -0.701. The van der Waals surface area contributed by atoms with Gasteiger partial charge in [0.25, 0.3) is 11.7 Å². The molecule has 4 rings (SSSR count). The SMILES string of the molecule is CCOc1ccc([C@@H]2/C(=C(\O)c3ccc(OC(C)C)cc3)C(=O)C(=O)N2CCN2CCOCC2)cc1. The van der Waals surface area contributed by atoms with Gasteiger partial charge in [0.05, 0.1) is 37.5 Å². The van der Waals surface area contributed by atoms with Crippen LogP contribution in [-0.4, -0.2) is 78.7 Å². The predicted molar refractivity (Wildman–Crippen MR) is 136 cm³/mol. The van der Waals surface area contributed by atoms with Gasteiger partial charge < -0.3 is 24.2 Å².